The van der Waals surface area contributed by atoms with E-state index in [0.717, 1.165) is 5.41 Å². The summed E-state index contributed by atoms with van der Waals surface area (Å²) >= 11 is 0. The van der Waals surface area contributed by atoms with E-state index >= 15 is 0 Å². The van der Waals surface area contributed by atoms with Crippen molar-refractivity contribution < 1.29 is 23.1 Å². The summed E-state index contributed by atoms with van der Waals surface area (Å²) in [7, 11) is -4.02. The molecule has 1 fully saturated rings. The molecule has 1 aliphatic rings. The van der Waals surface area contributed by atoms with Crippen molar-refractivity contribution >= 4 is 28.0 Å². The van der Waals surface area contributed by atoms with E-state index in [-0.39, 0.29) is 12.8 Å². The van der Waals surface area contributed by atoms with Gasteiger partial charge in [-0.25, -0.2) is 13.1 Å². The predicted molar refractivity (Wildman–Crippen MR) is 76.5 cm³/mol. The molecule has 0 radical (unpaired) electrons. The lowest BCUT2D eigenvalue weighted by molar-refractivity contribution is -0.161. The first-order chi connectivity index (χ1) is 9.86. The van der Waals surface area contributed by atoms with Crippen LogP contribution in [0.1, 0.15) is 24.8 Å². The van der Waals surface area contributed by atoms with Gasteiger partial charge in [0.2, 0.25) is 0 Å². The molecule has 0 spiro atoms. The van der Waals surface area contributed by atoms with Crippen LogP contribution in [0.5, 0.6) is 0 Å². The summed E-state index contributed by atoms with van der Waals surface area (Å²) in [5.74, 6) is -2.26. The summed E-state index contributed by atoms with van der Waals surface area (Å²) in [4.78, 5) is 23.0. The van der Waals surface area contributed by atoms with Gasteiger partial charge in [0.25, 0.3) is 15.9 Å². The van der Waals surface area contributed by atoms with E-state index < -0.39 is 27.3 Å². The highest BCUT2D eigenvalue weighted by molar-refractivity contribution is 7.93. The minimum absolute atomic E-state index is 0.159. The second kappa shape index (κ2) is 5.69. The lowest BCUT2D eigenvalue weighted by Gasteiger charge is -2.35. The number of carbonyl (C=O) groups is 2. The van der Waals surface area contributed by atoms with Gasteiger partial charge < -0.3 is 5.11 Å². The van der Waals surface area contributed by atoms with E-state index in [1.165, 1.54) is 6.08 Å². The number of carboxylic acids is 1. The standard InChI is InChI=1S/C14H15NO5S/c16-12(14(13(17)18)8-4-9-14)15-21(19,20)10-7-11-5-2-1-3-6-11/h1-3,5-7,10H,4,8-9H2,(H,15,16)(H,17,18). The first-order valence-corrected chi connectivity index (χ1v) is 7.94. The largest absolute Gasteiger partial charge is 0.480 e. The zero-order chi connectivity index (χ0) is 15.5. The Morgan fingerprint density at radius 1 is 1.19 bits per heavy atom. The quantitative estimate of drug-likeness (QED) is 0.800. The smallest absolute Gasteiger partial charge is 0.319 e. The normalized spacial score (nSPS) is 17.1. The zero-order valence-electron chi connectivity index (χ0n) is 11.2. The Hall–Kier alpha value is -2.15. The maximum atomic E-state index is 11.9. The van der Waals surface area contributed by atoms with E-state index in [9.17, 15) is 18.0 Å². The zero-order valence-corrected chi connectivity index (χ0v) is 12.0. The minimum Gasteiger partial charge on any atom is -0.480 e. The Labute approximate surface area is 122 Å². The predicted octanol–water partition coefficient (Wildman–Crippen LogP) is 1.36. The van der Waals surface area contributed by atoms with Crippen LogP contribution in [-0.4, -0.2) is 25.4 Å². The summed E-state index contributed by atoms with van der Waals surface area (Å²) < 4.78 is 25.4. The third kappa shape index (κ3) is 3.30. The van der Waals surface area contributed by atoms with Crippen molar-refractivity contribution in [1.82, 2.24) is 4.72 Å². The summed E-state index contributed by atoms with van der Waals surface area (Å²) in [6.45, 7) is 0. The second-order valence-electron chi connectivity index (χ2n) is 4.93. The number of carboxylic acid groups (broad SMARTS) is 1. The van der Waals surface area contributed by atoms with Gasteiger partial charge in [-0.1, -0.05) is 36.8 Å². The number of hydrogen-bond donors (Lipinski definition) is 2. The van der Waals surface area contributed by atoms with Crippen molar-refractivity contribution in [2.24, 2.45) is 5.41 Å². The summed E-state index contributed by atoms with van der Waals surface area (Å²) in [5, 5.41) is 9.94. The monoisotopic (exact) mass is 309 g/mol. The van der Waals surface area contributed by atoms with Crippen molar-refractivity contribution in [3.8, 4) is 0 Å². The fourth-order valence-electron chi connectivity index (χ4n) is 2.06. The van der Waals surface area contributed by atoms with E-state index in [0.29, 0.717) is 12.0 Å². The number of nitrogens with one attached hydrogen (secondary N) is 1. The van der Waals surface area contributed by atoms with Crippen LogP contribution in [-0.2, 0) is 19.6 Å². The van der Waals surface area contributed by atoms with Crippen molar-refractivity contribution in [2.45, 2.75) is 19.3 Å². The van der Waals surface area contributed by atoms with Gasteiger partial charge in [0.05, 0.1) is 5.41 Å². The molecular weight excluding hydrogens is 294 g/mol. The first-order valence-electron chi connectivity index (χ1n) is 6.39. The van der Waals surface area contributed by atoms with Crippen LogP contribution < -0.4 is 4.72 Å². The molecule has 0 heterocycles. The molecule has 1 aromatic rings. The van der Waals surface area contributed by atoms with Crippen molar-refractivity contribution in [1.29, 1.82) is 0 Å². The van der Waals surface area contributed by atoms with E-state index in [4.69, 9.17) is 5.11 Å². The average Bonchev–Trinajstić information content (AvgIpc) is 2.35. The van der Waals surface area contributed by atoms with Crippen LogP contribution in [0, 0.1) is 5.41 Å². The Morgan fingerprint density at radius 3 is 2.29 bits per heavy atom. The van der Waals surface area contributed by atoms with Gasteiger partial charge >= 0.3 is 5.97 Å². The van der Waals surface area contributed by atoms with Crippen LogP contribution in [0.25, 0.3) is 6.08 Å². The van der Waals surface area contributed by atoms with Crippen molar-refractivity contribution in [3.63, 3.8) is 0 Å². The molecular formula is C14H15NO5S. The molecule has 1 saturated carbocycles. The van der Waals surface area contributed by atoms with Gasteiger partial charge in [-0.3, -0.25) is 9.59 Å². The van der Waals surface area contributed by atoms with E-state index in [1.54, 1.807) is 30.3 Å². The van der Waals surface area contributed by atoms with E-state index in [2.05, 4.69) is 0 Å². The molecule has 2 rings (SSSR count). The maximum absolute atomic E-state index is 11.9. The molecule has 112 valence electrons. The molecule has 6 nitrogen and oxygen atoms in total. The molecule has 1 aromatic carbocycles. The molecule has 0 saturated heterocycles. The van der Waals surface area contributed by atoms with Crippen LogP contribution in [0.3, 0.4) is 0 Å². The molecule has 21 heavy (non-hydrogen) atoms. The first kappa shape index (κ1) is 15.2. The number of sulfonamides is 1. The summed E-state index contributed by atoms with van der Waals surface area (Å²) in [5.41, 5.74) is -0.944. The number of aliphatic carboxylic acids is 1. The topological polar surface area (TPSA) is 101 Å². The maximum Gasteiger partial charge on any atom is 0.319 e. The highest BCUT2D eigenvalue weighted by Gasteiger charge is 2.52. The van der Waals surface area contributed by atoms with Gasteiger partial charge in [-0.2, -0.15) is 0 Å². The third-order valence-corrected chi connectivity index (χ3v) is 4.49. The number of carbonyl (C=O) groups excluding carboxylic acids is 1. The van der Waals surface area contributed by atoms with Gasteiger partial charge in [-0.15, -0.1) is 0 Å². The van der Waals surface area contributed by atoms with E-state index in [1.807, 2.05) is 4.72 Å². The average molecular weight is 309 g/mol. The summed E-state index contributed by atoms with van der Waals surface area (Å²) in [6, 6.07) is 8.70. The molecule has 0 atom stereocenters. The van der Waals surface area contributed by atoms with Gasteiger partial charge in [-0.05, 0) is 24.5 Å². The Balaban J connectivity index is 2.09. The van der Waals surface area contributed by atoms with Crippen LogP contribution in [0.15, 0.2) is 35.7 Å². The number of hydrogen-bond acceptors (Lipinski definition) is 4. The SMILES string of the molecule is O=C(O)C1(C(=O)NS(=O)(=O)C=Cc2ccccc2)CCC1. The second-order valence-corrected chi connectivity index (χ2v) is 6.50. The third-order valence-electron chi connectivity index (χ3n) is 3.53. The van der Waals surface area contributed by atoms with Crippen LogP contribution in [0.4, 0.5) is 0 Å². The molecule has 7 heteroatoms. The molecule has 2 N–H and O–H groups in total. The van der Waals surface area contributed by atoms with Crippen molar-refractivity contribution in [2.75, 3.05) is 0 Å². The molecule has 0 unspecified atom stereocenters. The van der Waals surface area contributed by atoms with Crippen molar-refractivity contribution in [3.05, 3.63) is 41.3 Å². The van der Waals surface area contributed by atoms with Gasteiger partial charge in [0, 0.05) is 0 Å². The number of rotatable bonds is 5. The fraction of sp³-hybridized carbons (Fsp3) is 0.286. The van der Waals surface area contributed by atoms with Gasteiger partial charge in [0.1, 0.15) is 5.41 Å². The highest BCUT2D eigenvalue weighted by atomic mass is 32.2. The van der Waals surface area contributed by atoms with Crippen LogP contribution >= 0.6 is 0 Å². The Kier molecular flexibility index (Phi) is 4.13. The van der Waals surface area contributed by atoms with Crippen LogP contribution in [0.2, 0.25) is 0 Å². The molecule has 0 bridgehead atoms. The molecule has 0 aliphatic heterocycles. The number of amides is 1. The lowest BCUT2D eigenvalue weighted by Crippen LogP contribution is -2.52. The minimum atomic E-state index is -4.02. The Morgan fingerprint density at radius 2 is 1.81 bits per heavy atom. The number of benzene rings is 1. The molecule has 1 amide bonds. The van der Waals surface area contributed by atoms with Gasteiger partial charge in [0.15, 0.2) is 0 Å². The Bertz CT molecular complexity index is 675. The molecule has 1 aliphatic carbocycles. The lowest BCUT2D eigenvalue weighted by atomic mass is 9.68. The highest BCUT2D eigenvalue weighted by Crippen LogP contribution is 2.41. The molecule has 0 aromatic heterocycles. The summed E-state index contributed by atoms with van der Waals surface area (Å²) in [6.07, 6.45) is 2.25. The fourth-order valence-corrected chi connectivity index (χ4v) is 2.92.